The van der Waals surface area contributed by atoms with Crippen LogP contribution in [0.5, 0.6) is 5.75 Å². The van der Waals surface area contributed by atoms with Crippen molar-refractivity contribution < 1.29 is 22.1 Å². The van der Waals surface area contributed by atoms with E-state index in [1.165, 1.54) is 18.2 Å². The summed E-state index contributed by atoms with van der Waals surface area (Å²) < 4.78 is 53.6. The first-order chi connectivity index (χ1) is 13.4. The van der Waals surface area contributed by atoms with Crippen molar-refractivity contribution >= 4 is 16.8 Å². The first-order valence-corrected chi connectivity index (χ1v) is 10.0. The molecule has 0 aliphatic carbocycles. The Morgan fingerprint density at radius 1 is 1.07 bits per heavy atom. The second kappa shape index (κ2) is 10.7. The predicted octanol–water partition coefficient (Wildman–Crippen LogP) is 3.20. The number of rotatable bonds is 8. The van der Waals surface area contributed by atoms with Crippen molar-refractivity contribution in [3.05, 3.63) is 65.7 Å². The van der Waals surface area contributed by atoms with Crippen LogP contribution in [0.3, 0.4) is 0 Å². The van der Waals surface area contributed by atoms with Gasteiger partial charge in [-0.05, 0) is 11.6 Å². The minimum Gasteiger partial charge on any atom is -0.405 e. The maximum atomic E-state index is 12.5. The minimum atomic E-state index is -4.75. The zero-order valence-corrected chi connectivity index (χ0v) is 16.1. The van der Waals surface area contributed by atoms with Crippen molar-refractivity contribution in [1.29, 1.82) is 0 Å². The fourth-order valence-corrected chi connectivity index (χ4v) is 3.43. The Kier molecular flexibility index (Phi) is 8.31. The highest BCUT2D eigenvalue weighted by atomic mass is 32.2. The van der Waals surface area contributed by atoms with E-state index in [4.69, 9.17) is 0 Å². The Hall–Kier alpha value is -2.55. The van der Waals surface area contributed by atoms with Gasteiger partial charge in [-0.25, -0.2) is 0 Å². The molecule has 0 spiro atoms. The lowest BCUT2D eigenvalue weighted by Crippen LogP contribution is -2.38. The van der Waals surface area contributed by atoms with Crippen LogP contribution in [0, 0.1) is 0 Å². The van der Waals surface area contributed by atoms with E-state index in [1.807, 2.05) is 30.3 Å². The standard InChI is InChI=1S/C19H22F3N3O2S/c1-23-18(24-11-12-28(26)14-15-7-3-2-4-8-15)25-13-16-9-5-6-10-17(16)27-19(20,21)22/h2-10H,11-14H2,1H3,(H2,23,24,25). The van der Waals surface area contributed by atoms with Crippen LogP contribution >= 0.6 is 0 Å². The number of guanidine groups is 1. The van der Waals surface area contributed by atoms with Gasteiger partial charge in [-0.15, -0.1) is 13.2 Å². The topological polar surface area (TPSA) is 62.7 Å². The summed E-state index contributed by atoms with van der Waals surface area (Å²) in [6, 6.07) is 15.4. The van der Waals surface area contributed by atoms with Crippen LogP contribution < -0.4 is 15.4 Å². The molecule has 0 saturated heterocycles. The Balaban J connectivity index is 1.80. The highest BCUT2D eigenvalue weighted by Crippen LogP contribution is 2.25. The van der Waals surface area contributed by atoms with Gasteiger partial charge in [0.05, 0.1) is 0 Å². The molecule has 152 valence electrons. The number of ether oxygens (including phenoxy) is 1. The molecule has 28 heavy (non-hydrogen) atoms. The van der Waals surface area contributed by atoms with Crippen molar-refractivity contribution in [3.8, 4) is 5.75 Å². The van der Waals surface area contributed by atoms with Crippen LogP contribution in [0.1, 0.15) is 11.1 Å². The molecule has 0 heterocycles. The molecule has 9 heteroatoms. The number of alkyl halides is 3. The number of halogens is 3. The van der Waals surface area contributed by atoms with Crippen LogP contribution in [0.15, 0.2) is 59.6 Å². The second-order valence-electron chi connectivity index (χ2n) is 5.78. The number of aliphatic imine (C=N–C) groups is 1. The molecule has 1 unspecified atom stereocenters. The lowest BCUT2D eigenvalue weighted by molar-refractivity contribution is -0.274. The number of nitrogens with one attached hydrogen (secondary N) is 2. The summed E-state index contributed by atoms with van der Waals surface area (Å²) in [6.45, 7) is 0.513. The van der Waals surface area contributed by atoms with Crippen molar-refractivity contribution in [3.63, 3.8) is 0 Å². The van der Waals surface area contributed by atoms with Crippen LogP contribution in [-0.2, 0) is 23.1 Å². The average molecular weight is 413 g/mol. The van der Waals surface area contributed by atoms with E-state index in [2.05, 4.69) is 20.4 Å². The summed E-state index contributed by atoms with van der Waals surface area (Å²) in [5, 5.41) is 5.93. The van der Waals surface area contributed by atoms with Gasteiger partial charge in [-0.2, -0.15) is 0 Å². The fraction of sp³-hybridized carbons (Fsp3) is 0.316. The summed E-state index contributed by atoms with van der Waals surface area (Å²) in [4.78, 5) is 4.02. The second-order valence-corrected chi connectivity index (χ2v) is 7.36. The SMILES string of the molecule is CN=C(NCCS(=O)Cc1ccccc1)NCc1ccccc1OC(F)(F)F. The summed E-state index contributed by atoms with van der Waals surface area (Å²) in [6.07, 6.45) is -4.75. The molecule has 0 amide bonds. The van der Waals surface area contributed by atoms with Gasteiger partial charge in [0.25, 0.3) is 0 Å². The maximum Gasteiger partial charge on any atom is 0.573 e. The minimum absolute atomic E-state index is 0.0963. The molecule has 0 aliphatic rings. The Labute approximate surface area is 164 Å². The third-order valence-electron chi connectivity index (χ3n) is 3.66. The first kappa shape index (κ1) is 21.7. The lowest BCUT2D eigenvalue weighted by atomic mass is 10.2. The molecule has 2 aromatic rings. The van der Waals surface area contributed by atoms with Gasteiger partial charge < -0.3 is 15.4 Å². The molecule has 0 aromatic heterocycles. The van der Waals surface area contributed by atoms with E-state index < -0.39 is 17.2 Å². The Bertz CT molecular complexity index is 799. The third-order valence-corrected chi connectivity index (χ3v) is 4.98. The summed E-state index contributed by atoms with van der Waals surface area (Å²) in [5.74, 6) is 1.03. The fourth-order valence-electron chi connectivity index (χ4n) is 2.39. The van der Waals surface area contributed by atoms with Crippen molar-refractivity contribution in [2.24, 2.45) is 4.99 Å². The summed E-state index contributed by atoms with van der Waals surface area (Å²) in [5.41, 5.74) is 1.35. The van der Waals surface area contributed by atoms with Crippen LogP contribution in [0.25, 0.3) is 0 Å². The normalized spacial score (nSPS) is 13.1. The van der Waals surface area contributed by atoms with Gasteiger partial charge in [0.2, 0.25) is 0 Å². The van der Waals surface area contributed by atoms with Gasteiger partial charge in [0, 0.05) is 48.0 Å². The monoisotopic (exact) mass is 413 g/mol. The van der Waals surface area contributed by atoms with Gasteiger partial charge >= 0.3 is 6.36 Å². The van der Waals surface area contributed by atoms with Gasteiger partial charge in [-0.3, -0.25) is 9.20 Å². The average Bonchev–Trinajstić information content (AvgIpc) is 2.65. The van der Waals surface area contributed by atoms with E-state index in [-0.39, 0.29) is 12.3 Å². The molecule has 0 bridgehead atoms. The van der Waals surface area contributed by atoms with E-state index in [9.17, 15) is 17.4 Å². The molecule has 0 radical (unpaired) electrons. The number of benzene rings is 2. The van der Waals surface area contributed by atoms with Gasteiger partial charge in [-0.1, -0.05) is 48.5 Å². The molecule has 1 atom stereocenters. The summed E-state index contributed by atoms with van der Waals surface area (Å²) >= 11 is 0. The van der Waals surface area contributed by atoms with E-state index in [0.717, 1.165) is 5.56 Å². The Morgan fingerprint density at radius 2 is 1.75 bits per heavy atom. The third kappa shape index (κ3) is 7.99. The molecule has 0 saturated carbocycles. The van der Waals surface area contributed by atoms with E-state index >= 15 is 0 Å². The number of nitrogens with zero attached hydrogens (tertiary/aromatic N) is 1. The highest BCUT2D eigenvalue weighted by molar-refractivity contribution is 7.84. The molecule has 2 N–H and O–H groups in total. The first-order valence-electron chi connectivity index (χ1n) is 8.54. The Morgan fingerprint density at radius 3 is 2.43 bits per heavy atom. The molecule has 5 nitrogen and oxygen atoms in total. The maximum absolute atomic E-state index is 12.5. The number of para-hydroxylation sites is 1. The van der Waals surface area contributed by atoms with Gasteiger partial charge in [0.15, 0.2) is 5.96 Å². The predicted molar refractivity (Wildman–Crippen MR) is 104 cm³/mol. The molecular weight excluding hydrogens is 391 g/mol. The van der Waals surface area contributed by atoms with Crippen LogP contribution in [-0.4, -0.2) is 35.9 Å². The van der Waals surface area contributed by atoms with Crippen LogP contribution in [0.2, 0.25) is 0 Å². The lowest BCUT2D eigenvalue weighted by Gasteiger charge is -2.15. The molecule has 2 rings (SSSR count). The van der Waals surface area contributed by atoms with Crippen LogP contribution in [0.4, 0.5) is 13.2 Å². The zero-order chi connectivity index (χ0) is 20.4. The molecular formula is C19H22F3N3O2S. The van der Waals surface area contributed by atoms with E-state index in [1.54, 1.807) is 13.1 Å². The van der Waals surface area contributed by atoms with Crippen molar-refractivity contribution in [1.82, 2.24) is 10.6 Å². The largest absolute Gasteiger partial charge is 0.573 e. The molecule has 2 aromatic carbocycles. The smallest absolute Gasteiger partial charge is 0.405 e. The van der Waals surface area contributed by atoms with Crippen molar-refractivity contribution in [2.75, 3.05) is 19.3 Å². The highest BCUT2D eigenvalue weighted by Gasteiger charge is 2.31. The number of hydrogen-bond acceptors (Lipinski definition) is 3. The molecule has 0 aliphatic heterocycles. The number of hydrogen-bond donors (Lipinski definition) is 2. The zero-order valence-electron chi connectivity index (χ0n) is 15.3. The quantitative estimate of drug-likeness (QED) is 0.515. The van der Waals surface area contributed by atoms with Crippen molar-refractivity contribution in [2.45, 2.75) is 18.7 Å². The molecule has 0 fully saturated rings. The summed E-state index contributed by atoms with van der Waals surface area (Å²) in [7, 11) is 0.515. The van der Waals surface area contributed by atoms with E-state index in [0.29, 0.717) is 29.6 Å². The van der Waals surface area contributed by atoms with Gasteiger partial charge in [0.1, 0.15) is 5.75 Å².